The van der Waals surface area contributed by atoms with E-state index in [1.165, 1.54) is 7.11 Å². The normalized spacial score (nSPS) is 9.93. The Morgan fingerprint density at radius 1 is 1.57 bits per heavy atom. The van der Waals surface area contributed by atoms with Crippen molar-refractivity contribution in [3.63, 3.8) is 0 Å². The van der Waals surface area contributed by atoms with Crippen molar-refractivity contribution in [3.8, 4) is 0 Å². The average Bonchev–Trinajstić information content (AvgIpc) is 2.20. The van der Waals surface area contributed by atoms with Crippen LogP contribution >= 0.6 is 15.9 Å². The van der Waals surface area contributed by atoms with E-state index in [9.17, 15) is 4.79 Å². The minimum atomic E-state index is -0.584. The van der Waals surface area contributed by atoms with Gasteiger partial charge in [-0.3, -0.25) is 0 Å². The van der Waals surface area contributed by atoms with Crippen LogP contribution in [-0.2, 0) is 11.2 Å². The predicted octanol–water partition coefficient (Wildman–Crippen LogP) is 1.17. The summed E-state index contributed by atoms with van der Waals surface area (Å²) in [7, 11) is 1.27. The standard InChI is InChI=1S/C8H10BrN3O2/c1-3-4-5(9)6(10)12-7(11-4)8(13)14-2/h3H2,1-2H3,(H2,10,11,12). The number of hydrogen-bond donors (Lipinski definition) is 1. The summed E-state index contributed by atoms with van der Waals surface area (Å²) >= 11 is 3.24. The van der Waals surface area contributed by atoms with Crippen LogP contribution in [0.5, 0.6) is 0 Å². The summed E-state index contributed by atoms with van der Waals surface area (Å²) in [5.74, 6) is -0.346. The second kappa shape index (κ2) is 4.36. The number of nitrogen functional groups attached to an aromatic ring is 1. The number of carbonyl (C=O) groups excluding carboxylic acids is 1. The second-order valence-corrected chi connectivity index (χ2v) is 3.33. The van der Waals surface area contributed by atoms with E-state index in [1.54, 1.807) is 0 Å². The summed E-state index contributed by atoms with van der Waals surface area (Å²) < 4.78 is 5.13. The van der Waals surface area contributed by atoms with E-state index in [-0.39, 0.29) is 11.6 Å². The Morgan fingerprint density at radius 3 is 2.71 bits per heavy atom. The van der Waals surface area contributed by atoms with Gasteiger partial charge in [-0.15, -0.1) is 0 Å². The summed E-state index contributed by atoms with van der Waals surface area (Å²) in [4.78, 5) is 18.9. The number of anilines is 1. The number of rotatable bonds is 2. The van der Waals surface area contributed by atoms with Crippen molar-refractivity contribution in [1.82, 2.24) is 9.97 Å². The van der Waals surface area contributed by atoms with E-state index < -0.39 is 5.97 Å². The van der Waals surface area contributed by atoms with Crippen molar-refractivity contribution >= 4 is 27.7 Å². The molecular formula is C8H10BrN3O2. The van der Waals surface area contributed by atoms with Crippen molar-refractivity contribution in [1.29, 1.82) is 0 Å². The molecule has 0 atom stereocenters. The monoisotopic (exact) mass is 259 g/mol. The van der Waals surface area contributed by atoms with Crippen molar-refractivity contribution in [2.75, 3.05) is 12.8 Å². The molecule has 0 saturated heterocycles. The molecule has 5 nitrogen and oxygen atoms in total. The number of ether oxygens (including phenoxy) is 1. The second-order valence-electron chi connectivity index (χ2n) is 2.54. The number of nitrogens with two attached hydrogens (primary N) is 1. The molecule has 0 radical (unpaired) electrons. The lowest BCUT2D eigenvalue weighted by molar-refractivity contribution is 0.0586. The molecule has 1 rings (SSSR count). The molecule has 1 heterocycles. The van der Waals surface area contributed by atoms with Crippen LogP contribution in [0.4, 0.5) is 5.82 Å². The van der Waals surface area contributed by atoms with Gasteiger partial charge in [-0.1, -0.05) is 6.92 Å². The summed E-state index contributed by atoms with van der Waals surface area (Å²) in [6.45, 7) is 1.91. The SMILES string of the molecule is CCc1nc(C(=O)OC)nc(N)c1Br. The first-order valence-corrected chi connectivity index (χ1v) is 4.79. The molecule has 0 fully saturated rings. The molecule has 0 saturated carbocycles. The van der Waals surface area contributed by atoms with Gasteiger partial charge in [-0.25, -0.2) is 14.8 Å². The van der Waals surface area contributed by atoms with Crippen LogP contribution < -0.4 is 5.73 Å². The molecule has 0 unspecified atom stereocenters. The first-order chi connectivity index (χ1) is 6.60. The minimum absolute atomic E-state index is 0.00921. The Kier molecular flexibility index (Phi) is 3.40. The summed E-state index contributed by atoms with van der Waals surface area (Å²) in [5, 5.41) is 0. The van der Waals surface area contributed by atoms with E-state index in [0.29, 0.717) is 16.6 Å². The van der Waals surface area contributed by atoms with Gasteiger partial charge in [0, 0.05) is 0 Å². The summed E-state index contributed by atoms with van der Waals surface area (Å²) in [6, 6.07) is 0. The Morgan fingerprint density at radius 2 is 2.21 bits per heavy atom. The number of aryl methyl sites for hydroxylation is 1. The van der Waals surface area contributed by atoms with Crippen LogP contribution in [0.2, 0.25) is 0 Å². The molecule has 0 aromatic carbocycles. The third kappa shape index (κ3) is 2.01. The van der Waals surface area contributed by atoms with E-state index in [4.69, 9.17) is 5.73 Å². The van der Waals surface area contributed by atoms with Crippen LogP contribution in [-0.4, -0.2) is 23.0 Å². The number of aromatic nitrogens is 2. The Hall–Kier alpha value is -1.17. The summed E-state index contributed by atoms with van der Waals surface area (Å²) in [5.41, 5.74) is 6.28. The third-order valence-corrected chi connectivity index (χ3v) is 2.51. The molecule has 0 aliphatic heterocycles. The first-order valence-electron chi connectivity index (χ1n) is 4.00. The Labute approximate surface area is 89.8 Å². The molecule has 0 amide bonds. The predicted molar refractivity (Wildman–Crippen MR) is 54.9 cm³/mol. The molecule has 6 heteroatoms. The topological polar surface area (TPSA) is 78.1 Å². The van der Waals surface area contributed by atoms with Gasteiger partial charge in [0.1, 0.15) is 5.82 Å². The smallest absolute Gasteiger partial charge is 0.376 e. The molecule has 0 spiro atoms. The molecule has 1 aromatic heterocycles. The van der Waals surface area contributed by atoms with E-state index >= 15 is 0 Å². The number of nitrogens with zero attached hydrogens (tertiary/aromatic N) is 2. The average molecular weight is 260 g/mol. The lowest BCUT2D eigenvalue weighted by atomic mass is 10.3. The summed E-state index contributed by atoms with van der Waals surface area (Å²) in [6.07, 6.45) is 0.664. The number of halogens is 1. The number of methoxy groups -OCH3 is 1. The zero-order valence-corrected chi connectivity index (χ0v) is 9.46. The highest BCUT2D eigenvalue weighted by Crippen LogP contribution is 2.21. The third-order valence-electron chi connectivity index (χ3n) is 1.65. The zero-order valence-electron chi connectivity index (χ0n) is 7.87. The Balaban J connectivity index is 3.22. The van der Waals surface area contributed by atoms with Gasteiger partial charge in [0.05, 0.1) is 17.3 Å². The van der Waals surface area contributed by atoms with Crippen molar-refractivity contribution in [2.45, 2.75) is 13.3 Å². The largest absolute Gasteiger partial charge is 0.463 e. The van der Waals surface area contributed by atoms with E-state index in [0.717, 1.165) is 0 Å². The fraction of sp³-hybridized carbons (Fsp3) is 0.375. The van der Waals surface area contributed by atoms with E-state index in [1.807, 2.05) is 6.92 Å². The number of esters is 1. The van der Waals surface area contributed by atoms with Crippen LogP contribution in [0, 0.1) is 0 Å². The minimum Gasteiger partial charge on any atom is -0.463 e. The fourth-order valence-corrected chi connectivity index (χ4v) is 1.39. The molecule has 14 heavy (non-hydrogen) atoms. The molecule has 0 aliphatic rings. The van der Waals surface area contributed by atoms with Crippen molar-refractivity contribution in [2.24, 2.45) is 0 Å². The lowest BCUT2D eigenvalue weighted by Gasteiger charge is -2.05. The van der Waals surface area contributed by atoms with Crippen LogP contribution in [0.3, 0.4) is 0 Å². The maximum Gasteiger partial charge on any atom is 0.376 e. The maximum absolute atomic E-state index is 11.1. The molecular weight excluding hydrogens is 250 g/mol. The highest BCUT2D eigenvalue weighted by molar-refractivity contribution is 9.10. The van der Waals surface area contributed by atoms with Crippen LogP contribution in [0.1, 0.15) is 23.2 Å². The molecule has 0 aliphatic carbocycles. The van der Waals surface area contributed by atoms with Gasteiger partial charge in [0.15, 0.2) is 0 Å². The molecule has 2 N–H and O–H groups in total. The zero-order chi connectivity index (χ0) is 10.7. The maximum atomic E-state index is 11.1. The lowest BCUT2D eigenvalue weighted by Crippen LogP contribution is -2.11. The Bertz CT molecular complexity index is 368. The van der Waals surface area contributed by atoms with Gasteiger partial charge in [0.25, 0.3) is 0 Å². The van der Waals surface area contributed by atoms with Crippen LogP contribution in [0.25, 0.3) is 0 Å². The molecule has 76 valence electrons. The highest BCUT2D eigenvalue weighted by atomic mass is 79.9. The quantitative estimate of drug-likeness (QED) is 0.807. The van der Waals surface area contributed by atoms with Crippen molar-refractivity contribution < 1.29 is 9.53 Å². The van der Waals surface area contributed by atoms with Gasteiger partial charge in [-0.05, 0) is 22.4 Å². The van der Waals surface area contributed by atoms with Gasteiger partial charge in [-0.2, -0.15) is 0 Å². The number of hydrogen-bond acceptors (Lipinski definition) is 5. The first kappa shape index (κ1) is 10.9. The van der Waals surface area contributed by atoms with Gasteiger partial charge < -0.3 is 10.5 Å². The number of carbonyl (C=O) groups is 1. The van der Waals surface area contributed by atoms with E-state index in [2.05, 4.69) is 30.6 Å². The molecule has 1 aromatic rings. The van der Waals surface area contributed by atoms with Crippen molar-refractivity contribution in [3.05, 3.63) is 16.0 Å². The fourth-order valence-electron chi connectivity index (χ4n) is 0.930. The highest BCUT2D eigenvalue weighted by Gasteiger charge is 2.14. The molecule has 0 bridgehead atoms. The van der Waals surface area contributed by atoms with Gasteiger partial charge in [0.2, 0.25) is 5.82 Å². The van der Waals surface area contributed by atoms with Gasteiger partial charge >= 0.3 is 5.97 Å². The van der Waals surface area contributed by atoms with Crippen LogP contribution in [0.15, 0.2) is 4.47 Å².